The minimum Gasteiger partial charge on any atom is -0.360 e. The number of carbonyl (C=O) groups is 1. The van der Waals surface area contributed by atoms with E-state index in [2.05, 4.69) is 15.0 Å². The average Bonchev–Trinajstić information content (AvgIpc) is 2.74. The predicted molar refractivity (Wildman–Crippen MR) is 62.2 cm³/mol. The Morgan fingerprint density at radius 3 is 2.70 bits per heavy atom. The number of hydrogen-bond donors (Lipinski definition) is 1. The molecule has 0 aliphatic heterocycles. The molecular formula is C11H7F2N3O4. The fourth-order valence-corrected chi connectivity index (χ4v) is 1.49. The van der Waals surface area contributed by atoms with E-state index in [4.69, 9.17) is 0 Å². The first-order chi connectivity index (χ1) is 9.40. The normalized spacial score (nSPS) is 10.3. The topological polar surface area (TPSA) is 98.3 Å². The van der Waals surface area contributed by atoms with Crippen LogP contribution in [-0.2, 0) is 0 Å². The molecule has 104 valence electrons. The Bertz CT molecular complexity index is 699. The van der Waals surface area contributed by atoms with Crippen molar-refractivity contribution >= 4 is 17.4 Å². The van der Waals surface area contributed by atoms with Crippen LogP contribution in [0, 0.1) is 28.7 Å². The Balaban J connectivity index is 2.38. The standard InChI is InChI=1S/C11H7F2N3O4/c1-5-4-8(15-20-5)14-11(17)9-6(12)2-3-7(10(9)13)16(18)19/h2-4H,1H3,(H,14,15,17). The summed E-state index contributed by atoms with van der Waals surface area (Å²) in [6.07, 6.45) is 0. The molecule has 0 saturated heterocycles. The third-order valence-corrected chi connectivity index (χ3v) is 2.36. The molecule has 1 N–H and O–H groups in total. The van der Waals surface area contributed by atoms with E-state index in [1.807, 2.05) is 0 Å². The molecule has 0 aliphatic rings. The van der Waals surface area contributed by atoms with Gasteiger partial charge in [-0.25, -0.2) is 4.39 Å². The minimum absolute atomic E-state index is 0.0576. The molecular weight excluding hydrogens is 276 g/mol. The minimum atomic E-state index is -1.55. The van der Waals surface area contributed by atoms with Gasteiger partial charge in [-0.3, -0.25) is 14.9 Å². The van der Waals surface area contributed by atoms with Gasteiger partial charge in [-0.1, -0.05) is 5.16 Å². The van der Waals surface area contributed by atoms with Gasteiger partial charge in [0.15, 0.2) is 5.82 Å². The van der Waals surface area contributed by atoms with Crippen LogP contribution in [0.1, 0.15) is 16.1 Å². The summed E-state index contributed by atoms with van der Waals surface area (Å²) in [6.45, 7) is 1.55. The second kappa shape index (κ2) is 5.03. The lowest BCUT2D eigenvalue weighted by molar-refractivity contribution is -0.387. The van der Waals surface area contributed by atoms with Crippen LogP contribution in [0.5, 0.6) is 0 Å². The predicted octanol–water partition coefficient (Wildman–Crippen LogP) is 2.42. The third-order valence-electron chi connectivity index (χ3n) is 2.36. The molecule has 1 heterocycles. The molecule has 0 unspecified atom stereocenters. The molecule has 1 aromatic carbocycles. The SMILES string of the molecule is Cc1cc(NC(=O)c2c(F)ccc([N+](=O)[O-])c2F)no1. The van der Waals surface area contributed by atoms with Crippen molar-refractivity contribution in [2.45, 2.75) is 6.92 Å². The van der Waals surface area contributed by atoms with Crippen molar-refractivity contribution < 1.29 is 23.0 Å². The highest BCUT2D eigenvalue weighted by molar-refractivity contribution is 6.04. The van der Waals surface area contributed by atoms with Gasteiger partial charge < -0.3 is 9.84 Å². The molecule has 1 aromatic heterocycles. The highest BCUT2D eigenvalue weighted by atomic mass is 19.1. The molecule has 2 rings (SSSR count). The largest absolute Gasteiger partial charge is 0.360 e. The number of amides is 1. The fourth-order valence-electron chi connectivity index (χ4n) is 1.49. The van der Waals surface area contributed by atoms with Gasteiger partial charge in [0, 0.05) is 12.1 Å². The van der Waals surface area contributed by atoms with Crippen LogP contribution in [0.15, 0.2) is 22.7 Å². The van der Waals surface area contributed by atoms with Crippen molar-refractivity contribution in [3.63, 3.8) is 0 Å². The summed E-state index contributed by atoms with van der Waals surface area (Å²) >= 11 is 0. The maximum atomic E-state index is 13.8. The monoisotopic (exact) mass is 283 g/mol. The second-order valence-electron chi connectivity index (χ2n) is 3.79. The zero-order chi connectivity index (χ0) is 14.9. The molecule has 0 fully saturated rings. The summed E-state index contributed by atoms with van der Waals surface area (Å²) in [7, 11) is 0. The van der Waals surface area contributed by atoms with Crippen molar-refractivity contribution in [1.82, 2.24) is 5.16 Å². The van der Waals surface area contributed by atoms with Crippen molar-refractivity contribution in [2.75, 3.05) is 5.32 Å². The number of nitro benzene ring substituents is 1. The smallest absolute Gasteiger partial charge is 0.305 e. The summed E-state index contributed by atoms with van der Waals surface area (Å²) in [4.78, 5) is 21.2. The third kappa shape index (κ3) is 2.46. The van der Waals surface area contributed by atoms with Gasteiger partial charge in [-0.05, 0) is 13.0 Å². The van der Waals surface area contributed by atoms with E-state index in [1.165, 1.54) is 6.07 Å². The molecule has 2 aromatic rings. The Labute approximate surface area is 110 Å². The first-order valence-electron chi connectivity index (χ1n) is 5.27. The number of carbonyl (C=O) groups excluding carboxylic acids is 1. The first-order valence-corrected chi connectivity index (χ1v) is 5.27. The van der Waals surface area contributed by atoms with Crippen LogP contribution in [-0.4, -0.2) is 16.0 Å². The molecule has 7 nitrogen and oxygen atoms in total. The summed E-state index contributed by atoms with van der Waals surface area (Å²) in [5, 5.41) is 16.0. The fraction of sp³-hybridized carbons (Fsp3) is 0.0909. The number of halogens is 2. The van der Waals surface area contributed by atoms with E-state index in [1.54, 1.807) is 6.92 Å². The number of nitro groups is 1. The molecule has 0 atom stereocenters. The number of hydrogen-bond acceptors (Lipinski definition) is 5. The molecule has 0 saturated carbocycles. The number of rotatable bonds is 3. The van der Waals surface area contributed by atoms with E-state index in [-0.39, 0.29) is 5.82 Å². The Hall–Kier alpha value is -2.84. The van der Waals surface area contributed by atoms with E-state index in [0.29, 0.717) is 17.9 Å². The van der Waals surface area contributed by atoms with Crippen LogP contribution in [0.2, 0.25) is 0 Å². The van der Waals surface area contributed by atoms with Crippen molar-refractivity contribution in [3.05, 3.63) is 51.3 Å². The summed E-state index contributed by atoms with van der Waals surface area (Å²) < 4.78 is 31.9. The van der Waals surface area contributed by atoms with Gasteiger partial charge in [0.05, 0.1) is 4.92 Å². The average molecular weight is 283 g/mol. The number of aromatic nitrogens is 1. The zero-order valence-electron chi connectivity index (χ0n) is 10.0. The number of nitrogens with one attached hydrogen (secondary N) is 1. The zero-order valence-corrected chi connectivity index (χ0v) is 10.0. The van der Waals surface area contributed by atoms with E-state index in [0.717, 1.165) is 0 Å². The van der Waals surface area contributed by atoms with E-state index < -0.39 is 33.7 Å². The Morgan fingerprint density at radius 1 is 1.45 bits per heavy atom. The van der Waals surface area contributed by atoms with Crippen LogP contribution in [0.3, 0.4) is 0 Å². The van der Waals surface area contributed by atoms with Crippen molar-refractivity contribution in [1.29, 1.82) is 0 Å². The van der Waals surface area contributed by atoms with E-state index >= 15 is 0 Å². The molecule has 20 heavy (non-hydrogen) atoms. The maximum Gasteiger partial charge on any atom is 0.305 e. The highest BCUT2D eigenvalue weighted by Gasteiger charge is 2.26. The van der Waals surface area contributed by atoms with E-state index in [9.17, 15) is 23.7 Å². The molecule has 9 heteroatoms. The molecule has 0 aliphatic carbocycles. The number of aryl methyl sites for hydroxylation is 1. The maximum absolute atomic E-state index is 13.8. The highest BCUT2D eigenvalue weighted by Crippen LogP contribution is 2.23. The van der Waals surface area contributed by atoms with Gasteiger partial charge >= 0.3 is 5.69 Å². The summed E-state index contributed by atoms with van der Waals surface area (Å²) in [6, 6.07) is 2.61. The summed E-state index contributed by atoms with van der Waals surface area (Å²) in [5.74, 6) is -3.64. The van der Waals surface area contributed by atoms with Crippen LogP contribution in [0.25, 0.3) is 0 Å². The Morgan fingerprint density at radius 2 is 2.15 bits per heavy atom. The molecule has 0 bridgehead atoms. The van der Waals surface area contributed by atoms with Gasteiger partial charge in [-0.2, -0.15) is 4.39 Å². The first kappa shape index (κ1) is 13.6. The number of nitrogens with zero attached hydrogens (tertiary/aromatic N) is 2. The van der Waals surface area contributed by atoms with Gasteiger partial charge in [0.2, 0.25) is 5.82 Å². The summed E-state index contributed by atoms with van der Waals surface area (Å²) in [5.41, 5.74) is -2.05. The quantitative estimate of drug-likeness (QED) is 0.689. The van der Waals surface area contributed by atoms with Gasteiger partial charge in [0.25, 0.3) is 5.91 Å². The van der Waals surface area contributed by atoms with Crippen molar-refractivity contribution in [2.24, 2.45) is 0 Å². The van der Waals surface area contributed by atoms with Gasteiger partial charge in [-0.15, -0.1) is 0 Å². The van der Waals surface area contributed by atoms with Gasteiger partial charge in [0.1, 0.15) is 17.1 Å². The number of benzene rings is 1. The lowest BCUT2D eigenvalue weighted by atomic mass is 10.1. The second-order valence-corrected chi connectivity index (χ2v) is 3.79. The van der Waals surface area contributed by atoms with Crippen LogP contribution < -0.4 is 5.32 Å². The lowest BCUT2D eigenvalue weighted by Gasteiger charge is -2.04. The van der Waals surface area contributed by atoms with Crippen molar-refractivity contribution in [3.8, 4) is 0 Å². The number of anilines is 1. The Kier molecular flexibility index (Phi) is 3.42. The molecule has 0 radical (unpaired) electrons. The lowest BCUT2D eigenvalue weighted by Crippen LogP contribution is -2.17. The molecule has 1 amide bonds. The van der Waals surface area contributed by atoms with Crippen LogP contribution in [0.4, 0.5) is 20.3 Å². The van der Waals surface area contributed by atoms with Crippen LogP contribution >= 0.6 is 0 Å². The molecule has 0 spiro atoms.